The predicted molar refractivity (Wildman–Crippen MR) is 61.4 cm³/mol. The molecule has 0 aliphatic heterocycles. The first-order chi connectivity index (χ1) is 7.18. The number of aryl methyl sites for hydroxylation is 2. The molecule has 0 saturated carbocycles. The van der Waals surface area contributed by atoms with Gasteiger partial charge in [0.1, 0.15) is 11.5 Å². The van der Waals surface area contributed by atoms with Crippen LogP contribution in [0.1, 0.15) is 11.4 Å². The summed E-state index contributed by atoms with van der Waals surface area (Å²) in [7, 11) is 0. The molecule has 76 valence electrons. The molecule has 1 aromatic heterocycles. The van der Waals surface area contributed by atoms with E-state index in [1.54, 1.807) is 0 Å². The third kappa shape index (κ3) is 1.81. The Morgan fingerprint density at radius 1 is 0.933 bits per heavy atom. The molecular weight excluding hydrogens is 186 g/mol. The van der Waals surface area contributed by atoms with Gasteiger partial charge in [0, 0.05) is 5.56 Å². The molecule has 0 aliphatic carbocycles. The number of nitrogens with two attached hydrogens (primary N) is 1. The van der Waals surface area contributed by atoms with E-state index < -0.39 is 0 Å². The van der Waals surface area contributed by atoms with E-state index in [0.717, 1.165) is 22.6 Å². The van der Waals surface area contributed by atoms with Crippen molar-refractivity contribution in [3.8, 4) is 11.3 Å². The number of hydrogen-bond donors (Lipinski definition) is 1. The van der Waals surface area contributed by atoms with Gasteiger partial charge >= 0.3 is 0 Å². The van der Waals surface area contributed by atoms with Crippen molar-refractivity contribution in [1.29, 1.82) is 0 Å². The smallest absolute Gasteiger partial charge is 0.150 e. The summed E-state index contributed by atoms with van der Waals surface area (Å²) in [6.07, 6.45) is 0. The van der Waals surface area contributed by atoms with Gasteiger partial charge in [-0.3, -0.25) is 0 Å². The number of nitrogens with zero attached hydrogens (tertiary/aromatic N) is 2. The Hall–Kier alpha value is -1.90. The molecule has 2 aromatic rings. The minimum atomic E-state index is 0.490. The van der Waals surface area contributed by atoms with Crippen LogP contribution in [0, 0.1) is 13.8 Å². The SMILES string of the molecule is Cc1nc(N)c(-c2ccccc2)nc1C. The molecule has 0 atom stereocenters. The maximum atomic E-state index is 5.85. The largest absolute Gasteiger partial charge is 0.382 e. The highest BCUT2D eigenvalue weighted by molar-refractivity contribution is 5.69. The third-order valence-corrected chi connectivity index (χ3v) is 2.38. The molecule has 3 nitrogen and oxygen atoms in total. The van der Waals surface area contributed by atoms with Gasteiger partial charge < -0.3 is 5.73 Å². The van der Waals surface area contributed by atoms with Crippen molar-refractivity contribution < 1.29 is 0 Å². The van der Waals surface area contributed by atoms with Crippen molar-refractivity contribution in [1.82, 2.24) is 9.97 Å². The number of anilines is 1. The Labute approximate surface area is 89.0 Å². The second-order valence-electron chi connectivity index (χ2n) is 3.49. The van der Waals surface area contributed by atoms with Crippen LogP contribution < -0.4 is 5.73 Å². The van der Waals surface area contributed by atoms with Crippen molar-refractivity contribution in [2.75, 3.05) is 5.73 Å². The lowest BCUT2D eigenvalue weighted by Gasteiger charge is -2.07. The summed E-state index contributed by atoms with van der Waals surface area (Å²) in [6.45, 7) is 3.85. The fourth-order valence-corrected chi connectivity index (χ4v) is 1.43. The average Bonchev–Trinajstić information content (AvgIpc) is 2.25. The number of rotatable bonds is 1. The molecule has 0 spiro atoms. The molecular formula is C12H13N3. The van der Waals surface area contributed by atoms with Gasteiger partial charge in [0.15, 0.2) is 0 Å². The monoisotopic (exact) mass is 199 g/mol. The number of aromatic nitrogens is 2. The van der Waals surface area contributed by atoms with Crippen molar-refractivity contribution in [3.63, 3.8) is 0 Å². The van der Waals surface area contributed by atoms with Crippen molar-refractivity contribution >= 4 is 5.82 Å². The number of benzene rings is 1. The predicted octanol–water partition coefficient (Wildman–Crippen LogP) is 2.34. The molecule has 0 unspecified atom stereocenters. The second-order valence-corrected chi connectivity index (χ2v) is 3.49. The van der Waals surface area contributed by atoms with E-state index in [0.29, 0.717) is 5.82 Å². The van der Waals surface area contributed by atoms with Crippen LogP contribution in [0.25, 0.3) is 11.3 Å². The van der Waals surface area contributed by atoms with Gasteiger partial charge in [-0.15, -0.1) is 0 Å². The minimum absolute atomic E-state index is 0.490. The molecule has 0 amide bonds. The Morgan fingerprint density at radius 3 is 2.20 bits per heavy atom. The van der Waals surface area contributed by atoms with Gasteiger partial charge in [-0.1, -0.05) is 30.3 Å². The normalized spacial score (nSPS) is 10.3. The van der Waals surface area contributed by atoms with Crippen LogP contribution >= 0.6 is 0 Å². The van der Waals surface area contributed by atoms with Gasteiger partial charge in [0.05, 0.1) is 11.4 Å². The Balaban J connectivity index is 2.59. The van der Waals surface area contributed by atoms with E-state index in [2.05, 4.69) is 9.97 Å². The molecule has 15 heavy (non-hydrogen) atoms. The van der Waals surface area contributed by atoms with E-state index in [-0.39, 0.29) is 0 Å². The van der Waals surface area contributed by atoms with Crippen LogP contribution in [0.4, 0.5) is 5.82 Å². The molecule has 0 saturated heterocycles. The van der Waals surface area contributed by atoms with Gasteiger partial charge in [-0.2, -0.15) is 0 Å². The molecule has 1 heterocycles. The highest BCUT2D eigenvalue weighted by atomic mass is 14.9. The highest BCUT2D eigenvalue weighted by Gasteiger charge is 2.07. The Morgan fingerprint density at radius 2 is 1.53 bits per heavy atom. The molecule has 0 radical (unpaired) electrons. The van der Waals surface area contributed by atoms with E-state index in [1.165, 1.54) is 0 Å². The van der Waals surface area contributed by atoms with Crippen LogP contribution in [-0.4, -0.2) is 9.97 Å². The minimum Gasteiger partial charge on any atom is -0.382 e. The summed E-state index contributed by atoms with van der Waals surface area (Å²) in [5.41, 5.74) is 9.42. The van der Waals surface area contributed by atoms with Crippen molar-refractivity contribution in [3.05, 3.63) is 41.7 Å². The highest BCUT2D eigenvalue weighted by Crippen LogP contribution is 2.22. The summed E-state index contributed by atoms with van der Waals surface area (Å²) in [5.74, 6) is 0.490. The standard InChI is InChI=1S/C12H13N3/c1-8-9(2)15-12(13)11(14-8)10-6-4-3-5-7-10/h3-7H,1-2H3,(H2,13,15). The zero-order valence-electron chi connectivity index (χ0n) is 8.86. The van der Waals surface area contributed by atoms with Crippen LogP contribution in [0.15, 0.2) is 30.3 Å². The molecule has 1 aromatic carbocycles. The van der Waals surface area contributed by atoms with E-state index in [1.807, 2.05) is 44.2 Å². The summed E-state index contributed by atoms with van der Waals surface area (Å²) in [5, 5.41) is 0. The molecule has 0 bridgehead atoms. The van der Waals surface area contributed by atoms with Crippen LogP contribution in [0.3, 0.4) is 0 Å². The van der Waals surface area contributed by atoms with Crippen LogP contribution in [-0.2, 0) is 0 Å². The Bertz CT molecular complexity index is 478. The molecule has 3 heteroatoms. The van der Waals surface area contributed by atoms with Crippen molar-refractivity contribution in [2.45, 2.75) is 13.8 Å². The topological polar surface area (TPSA) is 51.8 Å². The summed E-state index contributed by atoms with van der Waals surface area (Å²) >= 11 is 0. The lowest BCUT2D eigenvalue weighted by Crippen LogP contribution is -2.01. The molecule has 0 aliphatic rings. The van der Waals surface area contributed by atoms with Crippen LogP contribution in [0.5, 0.6) is 0 Å². The first kappa shape index (κ1) is 9.65. The van der Waals surface area contributed by atoms with Gasteiger partial charge in [-0.05, 0) is 13.8 Å². The third-order valence-electron chi connectivity index (χ3n) is 2.38. The number of hydrogen-bond acceptors (Lipinski definition) is 3. The Kier molecular flexibility index (Phi) is 2.37. The second kappa shape index (κ2) is 3.69. The number of nitrogen functional groups attached to an aromatic ring is 1. The zero-order chi connectivity index (χ0) is 10.8. The lowest BCUT2D eigenvalue weighted by molar-refractivity contribution is 1.06. The fourth-order valence-electron chi connectivity index (χ4n) is 1.43. The first-order valence-electron chi connectivity index (χ1n) is 4.84. The maximum absolute atomic E-state index is 5.85. The molecule has 2 N–H and O–H groups in total. The maximum Gasteiger partial charge on any atom is 0.150 e. The van der Waals surface area contributed by atoms with E-state index >= 15 is 0 Å². The van der Waals surface area contributed by atoms with Gasteiger partial charge in [-0.25, -0.2) is 9.97 Å². The lowest BCUT2D eigenvalue weighted by atomic mass is 10.1. The van der Waals surface area contributed by atoms with Gasteiger partial charge in [0.25, 0.3) is 0 Å². The summed E-state index contributed by atoms with van der Waals surface area (Å²) in [6, 6.07) is 9.86. The zero-order valence-corrected chi connectivity index (χ0v) is 8.86. The van der Waals surface area contributed by atoms with E-state index in [9.17, 15) is 0 Å². The average molecular weight is 199 g/mol. The van der Waals surface area contributed by atoms with Crippen molar-refractivity contribution in [2.24, 2.45) is 0 Å². The summed E-state index contributed by atoms with van der Waals surface area (Å²) < 4.78 is 0. The van der Waals surface area contributed by atoms with Gasteiger partial charge in [0.2, 0.25) is 0 Å². The quantitative estimate of drug-likeness (QED) is 0.767. The van der Waals surface area contributed by atoms with Crippen LogP contribution in [0.2, 0.25) is 0 Å². The summed E-state index contributed by atoms with van der Waals surface area (Å²) in [4.78, 5) is 8.72. The first-order valence-corrected chi connectivity index (χ1v) is 4.84. The fraction of sp³-hybridized carbons (Fsp3) is 0.167. The molecule has 0 fully saturated rings. The molecule has 2 rings (SSSR count). The van der Waals surface area contributed by atoms with E-state index in [4.69, 9.17) is 5.73 Å².